The van der Waals surface area contributed by atoms with Crippen molar-refractivity contribution in [3.8, 4) is 11.1 Å². The summed E-state index contributed by atoms with van der Waals surface area (Å²) >= 11 is 1.66. The van der Waals surface area contributed by atoms with Crippen LogP contribution in [0.1, 0.15) is 17.5 Å². The van der Waals surface area contributed by atoms with Gasteiger partial charge in [-0.3, -0.25) is 19.7 Å². The molecule has 6 aromatic rings. The van der Waals surface area contributed by atoms with E-state index >= 15 is 0 Å². The molecule has 1 aromatic heterocycles. The van der Waals surface area contributed by atoms with E-state index in [2.05, 4.69) is 90.2 Å². The molecule has 1 aliphatic heterocycles. The molecule has 1 saturated heterocycles. The number of nitrogens with one attached hydrogen (secondary N) is 2. The van der Waals surface area contributed by atoms with Gasteiger partial charge in [0.05, 0.1) is 15.3 Å². The average molecular weight is 817 g/mol. The number of nitro benzene ring substituents is 1. The van der Waals surface area contributed by atoms with Crippen molar-refractivity contribution in [2.75, 3.05) is 67.5 Å². The molecule has 0 unspecified atom stereocenters. The first-order valence-electron chi connectivity index (χ1n) is 19.3. The van der Waals surface area contributed by atoms with Crippen LogP contribution in [0.4, 0.5) is 22.9 Å². The van der Waals surface area contributed by atoms with Crippen LogP contribution < -0.4 is 14.9 Å². The van der Waals surface area contributed by atoms with Crippen LogP contribution in [0.2, 0.25) is 0 Å². The van der Waals surface area contributed by atoms with E-state index in [1.54, 1.807) is 11.8 Å². The summed E-state index contributed by atoms with van der Waals surface area (Å²) < 4.78 is 30.1. The molecule has 7 rings (SSSR count). The van der Waals surface area contributed by atoms with Crippen LogP contribution in [0.3, 0.4) is 0 Å². The van der Waals surface area contributed by atoms with Gasteiger partial charge in [-0.1, -0.05) is 66.7 Å². The predicted molar refractivity (Wildman–Crippen MR) is 235 cm³/mol. The number of hydrogen-bond donors (Lipinski definition) is 2. The Morgan fingerprint density at radius 1 is 0.862 bits per heavy atom. The summed E-state index contributed by atoms with van der Waals surface area (Å²) in [5, 5.41) is 16.2. The third-order valence-electron chi connectivity index (χ3n) is 10.4. The number of hydrogen-bond acceptors (Lipinski definition) is 11. The first-order valence-corrected chi connectivity index (χ1v) is 21.8. The number of thioether (sulfide) groups is 1. The van der Waals surface area contributed by atoms with Crippen molar-refractivity contribution in [1.29, 1.82) is 0 Å². The van der Waals surface area contributed by atoms with Crippen LogP contribution in [-0.2, 0) is 16.6 Å². The van der Waals surface area contributed by atoms with Gasteiger partial charge in [-0.05, 0) is 98.7 Å². The Balaban J connectivity index is 1.03. The Hall–Kier alpha value is -5.54. The van der Waals surface area contributed by atoms with Crippen LogP contribution in [0.15, 0.2) is 131 Å². The van der Waals surface area contributed by atoms with E-state index in [-0.39, 0.29) is 28.1 Å². The number of anilines is 3. The van der Waals surface area contributed by atoms with Crippen molar-refractivity contribution in [2.24, 2.45) is 0 Å². The summed E-state index contributed by atoms with van der Waals surface area (Å²) in [7, 11) is -0.300. The maximum atomic E-state index is 13.7. The Bertz CT molecular complexity index is 2480. The molecule has 0 saturated carbocycles. The maximum Gasteiger partial charge on any atom is 0.293 e. The SMILES string of the molecule is Cc1ccccc1-c1ccccc1CN1CCN(c2ccc3c(NS(=O)(=O)c4ccc(N[C@H](CCN(C)C)CSc5ccccc5)c([N+](=O)[O-])c4)ncnc3c2)CC1. The highest BCUT2D eigenvalue weighted by Crippen LogP contribution is 2.33. The number of aromatic nitrogens is 2. The smallest absolute Gasteiger partial charge is 0.293 e. The second kappa shape index (κ2) is 18.4. The normalized spacial score (nSPS) is 14.1. The highest BCUT2D eigenvalue weighted by Gasteiger charge is 2.25. The molecule has 1 fully saturated rings. The van der Waals surface area contributed by atoms with Crippen molar-refractivity contribution in [2.45, 2.75) is 35.7 Å². The molecule has 12 nitrogen and oxygen atoms in total. The van der Waals surface area contributed by atoms with Gasteiger partial charge in [0.2, 0.25) is 0 Å². The number of rotatable bonds is 16. The number of benzene rings is 5. The lowest BCUT2D eigenvalue weighted by atomic mass is 9.95. The van der Waals surface area contributed by atoms with E-state index in [9.17, 15) is 18.5 Å². The van der Waals surface area contributed by atoms with Gasteiger partial charge < -0.3 is 15.1 Å². The number of nitro groups is 1. The Labute approximate surface area is 344 Å². The van der Waals surface area contributed by atoms with E-state index in [1.807, 2.05) is 62.6 Å². The largest absolute Gasteiger partial charge is 0.376 e. The average Bonchev–Trinajstić information content (AvgIpc) is 3.22. The summed E-state index contributed by atoms with van der Waals surface area (Å²) in [4.78, 5) is 28.2. The van der Waals surface area contributed by atoms with E-state index < -0.39 is 14.9 Å². The third kappa shape index (κ3) is 9.94. The molecule has 0 spiro atoms. The van der Waals surface area contributed by atoms with Gasteiger partial charge >= 0.3 is 0 Å². The van der Waals surface area contributed by atoms with E-state index in [0.717, 1.165) is 62.3 Å². The molecule has 58 heavy (non-hydrogen) atoms. The maximum absolute atomic E-state index is 13.7. The lowest BCUT2D eigenvalue weighted by Crippen LogP contribution is -2.46. The molecule has 2 heterocycles. The topological polar surface area (TPSA) is 137 Å². The Kier molecular flexibility index (Phi) is 12.9. The van der Waals surface area contributed by atoms with Crippen molar-refractivity contribution in [3.05, 3.63) is 143 Å². The van der Waals surface area contributed by atoms with Gasteiger partial charge in [0.25, 0.3) is 15.7 Å². The fraction of sp³-hybridized carbons (Fsp3) is 0.273. The lowest BCUT2D eigenvalue weighted by Gasteiger charge is -2.36. The van der Waals surface area contributed by atoms with Gasteiger partial charge in [-0.2, -0.15) is 0 Å². The number of piperazine rings is 1. The standard InChI is InChI=1S/C44H48N8O4S2/c1-32-11-7-9-15-38(32)39-16-10-8-12-33(39)29-50-23-25-51(26-24-50)35-17-19-40-42(27-35)45-31-46-44(40)48-58(55,56)37-18-20-41(43(28-37)52(53)54)47-34(21-22-49(2)3)30-57-36-13-5-4-6-14-36/h4-20,27-28,31,34,47H,21-26,29-30H2,1-3H3,(H,45,46,48)/t34-/m1/s1. The second-order valence-corrected chi connectivity index (χ2v) is 17.5. The molecule has 0 radical (unpaired) electrons. The Morgan fingerprint density at radius 3 is 2.33 bits per heavy atom. The van der Waals surface area contributed by atoms with Crippen LogP contribution in [0.5, 0.6) is 0 Å². The Morgan fingerprint density at radius 2 is 1.59 bits per heavy atom. The van der Waals surface area contributed by atoms with Crippen molar-refractivity contribution < 1.29 is 13.3 Å². The summed E-state index contributed by atoms with van der Waals surface area (Å²) in [5.74, 6) is 0.763. The van der Waals surface area contributed by atoms with Crippen molar-refractivity contribution in [3.63, 3.8) is 0 Å². The third-order valence-corrected chi connectivity index (χ3v) is 12.9. The zero-order valence-corrected chi connectivity index (χ0v) is 34.5. The van der Waals surface area contributed by atoms with E-state index in [0.29, 0.717) is 16.7 Å². The van der Waals surface area contributed by atoms with Crippen LogP contribution in [-0.4, -0.2) is 91.7 Å². The summed E-state index contributed by atoms with van der Waals surface area (Å²) in [5.41, 5.74) is 6.61. The molecule has 1 aliphatic rings. The van der Waals surface area contributed by atoms with Crippen molar-refractivity contribution >= 4 is 55.6 Å². The van der Waals surface area contributed by atoms with Gasteiger partial charge in [-0.15, -0.1) is 11.8 Å². The monoisotopic (exact) mass is 816 g/mol. The molecular weight excluding hydrogens is 769 g/mol. The molecule has 5 aromatic carbocycles. The van der Waals surface area contributed by atoms with Crippen LogP contribution >= 0.6 is 11.8 Å². The van der Waals surface area contributed by atoms with Gasteiger partial charge in [-0.25, -0.2) is 18.4 Å². The molecule has 300 valence electrons. The van der Waals surface area contributed by atoms with Crippen LogP contribution in [0, 0.1) is 17.0 Å². The molecule has 0 amide bonds. The number of nitrogens with zero attached hydrogens (tertiary/aromatic N) is 6. The van der Waals surface area contributed by atoms with E-state index in [4.69, 9.17) is 0 Å². The molecular formula is C44H48N8O4S2. The van der Waals surface area contributed by atoms with Gasteiger partial charge in [0.15, 0.2) is 5.82 Å². The first kappa shape index (κ1) is 40.6. The second-order valence-electron chi connectivity index (χ2n) is 14.8. The van der Waals surface area contributed by atoms with Crippen molar-refractivity contribution in [1.82, 2.24) is 19.8 Å². The number of sulfonamides is 1. The number of fused-ring (bicyclic) bond motifs is 1. The summed E-state index contributed by atoms with van der Waals surface area (Å²) in [6, 6.07) is 36.7. The minimum absolute atomic E-state index is 0.0974. The minimum Gasteiger partial charge on any atom is -0.376 e. The summed E-state index contributed by atoms with van der Waals surface area (Å²) in [6.45, 7) is 7.22. The number of aryl methyl sites for hydroxylation is 1. The predicted octanol–water partition coefficient (Wildman–Crippen LogP) is 8.16. The fourth-order valence-corrected chi connectivity index (χ4v) is 9.25. The zero-order valence-electron chi connectivity index (χ0n) is 32.9. The molecule has 0 bridgehead atoms. The lowest BCUT2D eigenvalue weighted by molar-refractivity contribution is -0.384. The summed E-state index contributed by atoms with van der Waals surface area (Å²) in [6.07, 6.45) is 2.05. The highest BCUT2D eigenvalue weighted by molar-refractivity contribution is 7.99. The molecule has 1 atom stereocenters. The van der Waals surface area contributed by atoms with Gasteiger partial charge in [0.1, 0.15) is 12.0 Å². The van der Waals surface area contributed by atoms with E-state index in [1.165, 1.54) is 40.7 Å². The fourth-order valence-electron chi connectivity index (χ4n) is 7.21. The minimum atomic E-state index is -4.26. The van der Waals surface area contributed by atoms with Gasteiger partial charge in [0, 0.05) is 66.6 Å². The highest BCUT2D eigenvalue weighted by atomic mass is 32.2. The zero-order chi connectivity index (χ0) is 40.6. The first-order chi connectivity index (χ1) is 28.0. The molecule has 2 N–H and O–H groups in total. The quantitative estimate of drug-likeness (QED) is 0.0556. The van der Waals surface area contributed by atoms with Crippen LogP contribution in [0.25, 0.3) is 22.0 Å². The molecule has 0 aliphatic carbocycles. The molecule has 14 heteroatoms.